The number of nitrogens with zero attached hydrogens (tertiary/aromatic N) is 3. The molecule has 1 aromatic carbocycles. The Kier molecular flexibility index (Phi) is 5.61. The molecule has 0 bridgehead atoms. The molecule has 0 fully saturated rings. The fraction of sp³-hybridized carbons (Fsp3) is 0.267. The van der Waals surface area contributed by atoms with Gasteiger partial charge in [0.2, 0.25) is 5.91 Å². The number of anilines is 1. The zero-order valence-electron chi connectivity index (χ0n) is 13.0. The lowest BCUT2D eigenvalue weighted by atomic mass is 10.2. The minimum atomic E-state index is -1.03. The van der Waals surface area contributed by atoms with Crippen molar-refractivity contribution >= 4 is 23.5 Å². The van der Waals surface area contributed by atoms with E-state index in [1.54, 1.807) is 31.2 Å². The number of hydrogen-bond donors (Lipinski definition) is 3. The van der Waals surface area contributed by atoms with Crippen LogP contribution < -0.4 is 10.6 Å². The number of carbonyl (C=O) groups excluding carboxylic acids is 2. The molecule has 2 rings (SSSR count). The summed E-state index contributed by atoms with van der Waals surface area (Å²) in [6, 6.07) is 6.56. The van der Waals surface area contributed by atoms with E-state index in [2.05, 4.69) is 20.9 Å². The van der Waals surface area contributed by atoms with Crippen molar-refractivity contribution in [2.24, 2.45) is 0 Å². The third-order valence-corrected chi connectivity index (χ3v) is 3.04. The number of carboxylic acids is 1. The van der Waals surface area contributed by atoms with E-state index < -0.39 is 5.97 Å². The van der Waals surface area contributed by atoms with Crippen molar-refractivity contribution in [1.82, 2.24) is 20.3 Å². The Morgan fingerprint density at radius 2 is 2.08 bits per heavy atom. The van der Waals surface area contributed by atoms with E-state index in [4.69, 9.17) is 5.11 Å². The molecule has 9 heteroatoms. The average molecular weight is 331 g/mol. The maximum absolute atomic E-state index is 12.1. The topological polar surface area (TPSA) is 126 Å². The van der Waals surface area contributed by atoms with E-state index in [0.717, 1.165) is 0 Å². The highest BCUT2D eigenvalue weighted by atomic mass is 16.4. The molecule has 0 unspecified atom stereocenters. The van der Waals surface area contributed by atoms with E-state index in [-0.39, 0.29) is 24.9 Å². The van der Waals surface area contributed by atoms with Crippen LogP contribution >= 0.6 is 0 Å². The second-order valence-electron chi connectivity index (χ2n) is 4.97. The van der Waals surface area contributed by atoms with Crippen molar-refractivity contribution in [3.8, 4) is 0 Å². The van der Waals surface area contributed by atoms with Crippen LogP contribution in [0.5, 0.6) is 0 Å². The van der Waals surface area contributed by atoms with Crippen LogP contribution in [0.15, 0.2) is 30.5 Å². The average Bonchev–Trinajstić information content (AvgIpc) is 2.99. The molecule has 0 saturated heterocycles. The van der Waals surface area contributed by atoms with E-state index in [9.17, 15) is 14.4 Å². The normalized spacial score (nSPS) is 10.2. The quantitative estimate of drug-likeness (QED) is 0.683. The lowest BCUT2D eigenvalue weighted by Crippen LogP contribution is -2.23. The zero-order chi connectivity index (χ0) is 17.5. The van der Waals surface area contributed by atoms with Crippen LogP contribution in [-0.4, -0.2) is 37.9 Å². The van der Waals surface area contributed by atoms with Gasteiger partial charge in [0.15, 0.2) is 0 Å². The number of hydrogen-bond acceptors (Lipinski definition) is 5. The van der Waals surface area contributed by atoms with Gasteiger partial charge in [-0.3, -0.25) is 14.4 Å². The molecule has 2 amide bonds. The Morgan fingerprint density at radius 3 is 2.79 bits per heavy atom. The number of aliphatic carboxylic acids is 1. The standard InChI is InChI=1S/C15H17N5O4/c1-2-13(21)17-11-5-3-4-10(6-11)15(24)16-7-12-8-20(19-18-12)9-14(22)23/h3-6,8H,2,7,9H2,1H3,(H,16,24)(H,17,21)(H,22,23). The summed E-state index contributed by atoms with van der Waals surface area (Å²) in [6.45, 7) is 1.56. The second-order valence-corrected chi connectivity index (χ2v) is 4.97. The van der Waals surface area contributed by atoms with Crippen molar-refractivity contribution < 1.29 is 19.5 Å². The molecule has 1 heterocycles. The lowest BCUT2D eigenvalue weighted by molar-refractivity contribution is -0.137. The first-order valence-corrected chi connectivity index (χ1v) is 7.27. The zero-order valence-corrected chi connectivity index (χ0v) is 13.0. The molecular formula is C15H17N5O4. The number of benzene rings is 1. The van der Waals surface area contributed by atoms with Crippen molar-refractivity contribution in [2.75, 3.05) is 5.32 Å². The van der Waals surface area contributed by atoms with Gasteiger partial charge >= 0.3 is 5.97 Å². The van der Waals surface area contributed by atoms with Gasteiger partial charge in [0.1, 0.15) is 12.2 Å². The number of carboxylic acid groups (broad SMARTS) is 1. The molecule has 0 aliphatic carbocycles. The summed E-state index contributed by atoms with van der Waals surface area (Å²) in [6.07, 6.45) is 1.80. The van der Waals surface area contributed by atoms with Crippen LogP contribution in [0, 0.1) is 0 Å². The van der Waals surface area contributed by atoms with Gasteiger partial charge in [0, 0.05) is 17.7 Å². The number of nitrogens with one attached hydrogen (secondary N) is 2. The summed E-state index contributed by atoms with van der Waals surface area (Å²) in [5.41, 5.74) is 1.38. The van der Waals surface area contributed by atoms with Crippen molar-refractivity contribution in [3.63, 3.8) is 0 Å². The maximum atomic E-state index is 12.1. The third kappa shape index (κ3) is 4.90. The molecule has 2 aromatic rings. The summed E-state index contributed by atoms with van der Waals surface area (Å²) in [4.78, 5) is 34.1. The highest BCUT2D eigenvalue weighted by Crippen LogP contribution is 2.11. The molecule has 1 aromatic heterocycles. The van der Waals surface area contributed by atoms with Gasteiger partial charge in [-0.15, -0.1) is 5.10 Å². The Labute approximate surface area is 137 Å². The Bertz CT molecular complexity index is 756. The molecule has 24 heavy (non-hydrogen) atoms. The summed E-state index contributed by atoms with van der Waals surface area (Å²) >= 11 is 0. The van der Waals surface area contributed by atoms with Gasteiger partial charge in [0.05, 0.1) is 12.7 Å². The first kappa shape index (κ1) is 17.1. The number of aromatic nitrogens is 3. The highest BCUT2D eigenvalue weighted by Gasteiger charge is 2.09. The number of rotatable bonds is 7. The van der Waals surface area contributed by atoms with Crippen molar-refractivity contribution in [3.05, 3.63) is 41.7 Å². The van der Waals surface area contributed by atoms with E-state index in [1.165, 1.54) is 10.9 Å². The monoisotopic (exact) mass is 331 g/mol. The van der Waals surface area contributed by atoms with Gasteiger partial charge in [-0.05, 0) is 18.2 Å². The molecule has 0 saturated carbocycles. The largest absolute Gasteiger partial charge is 0.480 e. The molecule has 3 N–H and O–H groups in total. The molecule has 9 nitrogen and oxygen atoms in total. The smallest absolute Gasteiger partial charge is 0.325 e. The van der Waals surface area contributed by atoms with Crippen LogP contribution in [0.4, 0.5) is 5.69 Å². The Balaban J connectivity index is 1.94. The van der Waals surface area contributed by atoms with Gasteiger partial charge in [-0.25, -0.2) is 4.68 Å². The molecule has 0 atom stereocenters. The fourth-order valence-corrected chi connectivity index (χ4v) is 1.90. The molecule has 0 radical (unpaired) electrons. The molecule has 0 spiro atoms. The minimum Gasteiger partial charge on any atom is -0.480 e. The van der Waals surface area contributed by atoms with Gasteiger partial charge < -0.3 is 15.7 Å². The molecule has 0 aliphatic heterocycles. The SMILES string of the molecule is CCC(=O)Nc1cccc(C(=O)NCc2cn(CC(=O)O)nn2)c1. The maximum Gasteiger partial charge on any atom is 0.325 e. The summed E-state index contributed by atoms with van der Waals surface area (Å²) < 4.78 is 1.17. The van der Waals surface area contributed by atoms with Crippen LogP contribution in [-0.2, 0) is 22.7 Å². The summed E-state index contributed by atoms with van der Waals surface area (Å²) in [5.74, 6) is -1.50. The fourth-order valence-electron chi connectivity index (χ4n) is 1.90. The van der Waals surface area contributed by atoms with Gasteiger partial charge in [-0.1, -0.05) is 18.2 Å². The minimum absolute atomic E-state index is 0.115. The van der Waals surface area contributed by atoms with E-state index in [0.29, 0.717) is 23.4 Å². The molecule has 126 valence electrons. The van der Waals surface area contributed by atoms with Crippen LogP contribution in [0.25, 0.3) is 0 Å². The Hall–Kier alpha value is -3.23. The summed E-state index contributed by atoms with van der Waals surface area (Å²) in [7, 11) is 0. The van der Waals surface area contributed by atoms with Crippen molar-refractivity contribution in [2.45, 2.75) is 26.4 Å². The first-order chi connectivity index (χ1) is 11.5. The van der Waals surface area contributed by atoms with E-state index >= 15 is 0 Å². The van der Waals surface area contributed by atoms with Gasteiger partial charge in [-0.2, -0.15) is 0 Å². The van der Waals surface area contributed by atoms with Crippen LogP contribution in [0.2, 0.25) is 0 Å². The van der Waals surface area contributed by atoms with E-state index in [1.807, 2.05) is 0 Å². The van der Waals surface area contributed by atoms with Gasteiger partial charge in [0.25, 0.3) is 5.91 Å². The predicted octanol–water partition coefficient (Wildman–Crippen LogP) is 0.641. The Morgan fingerprint density at radius 1 is 1.29 bits per heavy atom. The predicted molar refractivity (Wildman–Crippen MR) is 84.2 cm³/mol. The highest BCUT2D eigenvalue weighted by molar-refractivity contribution is 5.97. The molecule has 0 aliphatic rings. The van der Waals surface area contributed by atoms with Crippen molar-refractivity contribution in [1.29, 1.82) is 0 Å². The van der Waals surface area contributed by atoms with Crippen LogP contribution in [0.1, 0.15) is 29.4 Å². The first-order valence-electron chi connectivity index (χ1n) is 7.27. The van der Waals surface area contributed by atoms with Crippen LogP contribution in [0.3, 0.4) is 0 Å². The number of amides is 2. The molecular weight excluding hydrogens is 314 g/mol. The number of carbonyl (C=O) groups is 3. The second kappa shape index (κ2) is 7.86. The third-order valence-electron chi connectivity index (χ3n) is 3.04. The lowest BCUT2D eigenvalue weighted by Gasteiger charge is -2.07. The summed E-state index contributed by atoms with van der Waals surface area (Å²) in [5, 5.41) is 21.4.